The summed E-state index contributed by atoms with van der Waals surface area (Å²) < 4.78 is 4.84. The average molecular weight is 236 g/mol. The normalized spacial score (nSPS) is 10.1. The molecule has 0 atom stereocenters. The number of hydrogen-bond donors (Lipinski definition) is 2. The summed E-state index contributed by atoms with van der Waals surface area (Å²) in [5.74, 6) is -0.854. The van der Waals surface area contributed by atoms with Crippen LogP contribution in [-0.4, -0.2) is 24.5 Å². The van der Waals surface area contributed by atoms with Gasteiger partial charge in [-0.15, -0.1) is 0 Å². The molecule has 3 N–H and O–H groups in total. The van der Waals surface area contributed by atoms with Gasteiger partial charge in [0.05, 0.1) is 5.56 Å². The largest absolute Gasteiger partial charge is 0.452 e. The van der Waals surface area contributed by atoms with Crippen LogP contribution in [0, 0.1) is 0 Å². The summed E-state index contributed by atoms with van der Waals surface area (Å²) in [5, 5.41) is 2.62. The second-order valence-electron chi connectivity index (χ2n) is 3.92. The molecule has 0 bridgehead atoms. The third-order valence-electron chi connectivity index (χ3n) is 1.93. The Kier molecular flexibility index (Phi) is 4.51. The molecule has 1 rings (SSSR count). The summed E-state index contributed by atoms with van der Waals surface area (Å²) in [6, 6.07) is 6.34. The van der Waals surface area contributed by atoms with Gasteiger partial charge in [0.25, 0.3) is 5.91 Å². The maximum absolute atomic E-state index is 11.5. The molecule has 0 saturated carbocycles. The van der Waals surface area contributed by atoms with E-state index in [0.717, 1.165) is 0 Å². The van der Waals surface area contributed by atoms with Crippen LogP contribution in [0.5, 0.6) is 0 Å². The van der Waals surface area contributed by atoms with E-state index < -0.39 is 5.97 Å². The first-order valence-electron chi connectivity index (χ1n) is 5.31. The molecule has 0 aromatic heterocycles. The van der Waals surface area contributed by atoms with Crippen molar-refractivity contribution in [3.8, 4) is 0 Å². The fourth-order valence-electron chi connectivity index (χ4n) is 1.20. The highest BCUT2D eigenvalue weighted by Gasteiger charge is 2.10. The fourth-order valence-corrected chi connectivity index (χ4v) is 1.20. The summed E-state index contributed by atoms with van der Waals surface area (Å²) in [6.07, 6.45) is 0. The second kappa shape index (κ2) is 5.89. The molecule has 0 aliphatic carbocycles. The number of nitrogens with one attached hydrogen (secondary N) is 1. The van der Waals surface area contributed by atoms with E-state index in [1.165, 1.54) is 0 Å². The van der Waals surface area contributed by atoms with Gasteiger partial charge in [-0.1, -0.05) is 0 Å². The quantitative estimate of drug-likeness (QED) is 0.602. The van der Waals surface area contributed by atoms with Crippen LogP contribution in [0.25, 0.3) is 0 Å². The number of nitrogens with two attached hydrogens (primary N) is 1. The minimum atomic E-state index is -0.538. The third-order valence-corrected chi connectivity index (χ3v) is 1.93. The highest BCUT2D eigenvalue weighted by Crippen LogP contribution is 2.06. The van der Waals surface area contributed by atoms with E-state index in [1.54, 1.807) is 24.3 Å². The second-order valence-corrected chi connectivity index (χ2v) is 3.92. The molecule has 0 radical (unpaired) electrons. The Hall–Kier alpha value is -2.04. The van der Waals surface area contributed by atoms with Crippen molar-refractivity contribution in [2.45, 2.75) is 19.9 Å². The summed E-state index contributed by atoms with van der Waals surface area (Å²) in [6.45, 7) is 3.39. The standard InChI is InChI=1S/C12H16N2O3/c1-8(2)14-11(15)7-17-12(16)9-3-5-10(13)6-4-9/h3-6,8H,7,13H2,1-2H3,(H,14,15). The predicted octanol–water partition coefficient (Wildman–Crippen LogP) is 0.950. The van der Waals surface area contributed by atoms with Crippen LogP contribution < -0.4 is 11.1 Å². The Morgan fingerprint density at radius 3 is 2.41 bits per heavy atom. The van der Waals surface area contributed by atoms with E-state index in [4.69, 9.17) is 10.5 Å². The van der Waals surface area contributed by atoms with E-state index in [1.807, 2.05) is 13.8 Å². The van der Waals surface area contributed by atoms with Crippen molar-refractivity contribution in [1.82, 2.24) is 5.32 Å². The van der Waals surface area contributed by atoms with E-state index in [9.17, 15) is 9.59 Å². The van der Waals surface area contributed by atoms with E-state index in [0.29, 0.717) is 11.3 Å². The zero-order valence-electron chi connectivity index (χ0n) is 9.90. The molecule has 5 heteroatoms. The Morgan fingerprint density at radius 2 is 1.88 bits per heavy atom. The molecule has 0 aliphatic rings. The van der Waals surface area contributed by atoms with Crippen molar-refractivity contribution >= 4 is 17.6 Å². The average Bonchev–Trinajstić information content (AvgIpc) is 2.26. The van der Waals surface area contributed by atoms with Crippen LogP contribution in [0.1, 0.15) is 24.2 Å². The van der Waals surface area contributed by atoms with E-state index in [-0.39, 0.29) is 18.6 Å². The number of anilines is 1. The molecule has 1 aromatic carbocycles. The fraction of sp³-hybridized carbons (Fsp3) is 0.333. The highest BCUT2D eigenvalue weighted by atomic mass is 16.5. The Balaban J connectivity index is 2.45. The number of carbonyl (C=O) groups excluding carboxylic acids is 2. The van der Waals surface area contributed by atoms with Gasteiger partial charge in [0.15, 0.2) is 6.61 Å². The Labute approximate surface area is 99.9 Å². The van der Waals surface area contributed by atoms with Gasteiger partial charge >= 0.3 is 5.97 Å². The van der Waals surface area contributed by atoms with Gasteiger partial charge in [-0.05, 0) is 38.1 Å². The number of nitrogen functional groups attached to an aromatic ring is 1. The van der Waals surface area contributed by atoms with Crippen LogP contribution in [0.15, 0.2) is 24.3 Å². The van der Waals surface area contributed by atoms with Crippen LogP contribution >= 0.6 is 0 Å². The lowest BCUT2D eigenvalue weighted by molar-refractivity contribution is -0.124. The summed E-state index contributed by atoms with van der Waals surface area (Å²) in [7, 11) is 0. The molecule has 5 nitrogen and oxygen atoms in total. The molecule has 92 valence electrons. The van der Waals surface area contributed by atoms with Crippen LogP contribution in [0.4, 0.5) is 5.69 Å². The Bertz CT molecular complexity index is 399. The summed E-state index contributed by atoms with van der Waals surface area (Å²) >= 11 is 0. The van der Waals surface area contributed by atoms with Gasteiger partial charge in [0, 0.05) is 11.7 Å². The maximum Gasteiger partial charge on any atom is 0.338 e. The molecule has 1 aromatic rings. The lowest BCUT2D eigenvalue weighted by atomic mass is 10.2. The molecule has 0 aliphatic heterocycles. The van der Waals surface area contributed by atoms with Crippen molar-refractivity contribution < 1.29 is 14.3 Å². The van der Waals surface area contributed by atoms with Crippen LogP contribution in [-0.2, 0) is 9.53 Å². The van der Waals surface area contributed by atoms with Crippen molar-refractivity contribution in [3.05, 3.63) is 29.8 Å². The SMILES string of the molecule is CC(C)NC(=O)COC(=O)c1ccc(N)cc1. The van der Waals surface area contributed by atoms with Gasteiger partial charge in [-0.2, -0.15) is 0 Å². The molecule has 0 spiro atoms. The van der Waals surface area contributed by atoms with Crippen molar-refractivity contribution in [2.75, 3.05) is 12.3 Å². The molecule has 0 fully saturated rings. The zero-order chi connectivity index (χ0) is 12.8. The number of amides is 1. The predicted molar refractivity (Wildman–Crippen MR) is 64.4 cm³/mol. The Morgan fingerprint density at radius 1 is 1.29 bits per heavy atom. The van der Waals surface area contributed by atoms with Crippen LogP contribution in [0.3, 0.4) is 0 Å². The first kappa shape index (κ1) is 13.0. The number of hydrogen-bond acceptors (Lipinski definition) is 4. The molecular weight excluding hydrogens is 220 g/mol. The van der Waals surface area contributed by atoms with E-state index in [2.05, 4.69) is 5.32 Å². The summed E-state index contributed by atoms with van der Waals surface area (Å²) in [5.41, 5.74) is 6.43. The van der Waals surface area contributed by atoms with Crippen molar-refractivity contribution in [2.24, 2.45) is 0 Å². The number of ether oxygens (including phenoxy) is 1. The van der Waals surface area contributed by atoms with Gasteiger partial charge < -0.3 is 15.8 Å². The molecular formula is C12H16N2O3. The smallest absolute Gasteiger partial charge is 0.338 e. The highest BCUT2D eigenvalue weighted by molar-refractivity contribution is 5.91. The minimum Gasteiger partial charge on any atom is -0.452 e. The van der Waals surface area contributed by atoms with Gasteiger partial charge in [0.2, 0.25) is 0 Å². The van der Waals surface area contributed by atoms with Gasteiger partial charge in [-0.25, -0.2) is 4.79 Å². The number of rotatable bonds is 4. The van der Waals surface area contributed by atoms with Crippen molar-refractivity contribution in [3.63, 3.8) is 0 Å². The molecule has 17 heavy (non-hydrogen) atoms. The first-order chi connectivity index (χ1) is 7.99. The van der Waals surface area contributed by atoms with Crippen LogP contribution in [0.2, 0.25) is 0 Å². The monoisotopic (exact) mass is 236 g/mol. The zero-order valence-corrected chi connectivity index (χ0v) is 9.90. The number of benzene rings is 1. The van der Waals surface area contributed by atoms with Gasteiger partial charge in [-0.3, -0.25) is 4.79 Å². The number of esters is 1. The molecule has 0 saturated heterocycles. The number of carbonyl (C=O) groups is 2. The topological polar surface area (TPSA) is 81.4 Å². The van der Waals surface area contributed by atoms with Crippen molar-refractivity contribution in [1.29, 1.82) is 0 Å². The lowest BCUT2D eigenvalue weighted by Crippen LogP contribution is -2.33. The first-order valence-corrected chi connectivity index (χ1v) is 5.31. The third kappa shape index (κ3) is 4.55. The lowest BCUT2D eigenvalue weighted by Gasteiger charge is -2.08. The molecule has 0 heterocycles. The molecule has 1 amide bonds. The maximum atomic E-state index is 11.5. The summed E-state index contributed by atoms with van der Waals surface area (Å²) in [4.78, 5) is 22.7. The van der Waals surface area contributed by atoms with Gasteiger partial charge in [0.1, 0.15) is 0 Å². The minimum absolute atomic E-state index is 0.0257. The van der Waals surface area contributed by atoms with E-state index >= 15 is 0 Å². The molecule has 0 unspecified atom stereocenters.